The predicted octanol–water partition coefficient (Wildman–Crippen LogP) is 8.05. The van der Waals surface area contributed by atoms with Crippen molar-refractivity contribution in [1.29, 1.82) is 0 Å². The number of ether oxygens (including phenoxy) is 1. The minimum Gasteiger partial charge on any atom is -0.457 e. The molecule has 0 unspecified atom stereocenters. The Hall–Kier alpha value is -3.98. The quantitative estimate of drug-likeness (QED) is 0.289. The van der Waals surface area contributed by atoms with Crippen LogP contribution < -0.4 is 4.74 Å². The summed E-state index contributed by atoms with van der Waals surface area (Å²) < 4.78 is 6.26. The molecule has 0 atom stereocenters. The van der Waals surface area contributed by atoms with Crippen molar-refractivity contribution in [1.82, 2.24) is 9.97 Å². The van der Waals surface area contributed by atoms with Gasteiger partial charge in [0, 0.05) is 28.9 Å². The molecule has 5 rings (SSSR count). The summed E-state index contributed by atoms with van der Waals surface area (Å²) in [6.07, 6.45) is 3.73. The molecule has 0 aliphatic rings. The lowest BCUT2D eigenvalue weighted by molar-refractivity contribution is 0.483. The van der Waals surface area contributed by atoms with Gasteiger partial charge in [-0.2, -0.15) is 0 Å². The molecule has 2 heterocycles. The summed E-state index contributed by atoms with van der Waals surface area (Å²) in [7, 11) is 0. The first-order valence-electron chi connectivity index (χ1n) is 11.2. The van der Waals surface area contributed by atoms with Gasteiger partial charge in [-0.3, -0.25) is 9.97 Å². The molecule has 162 valence electrons. The van der Waals surface area contributed by atoms with Crippen LogP contribution in [0.1, 0.15) is 26.3 Å². The molecule has 0 saturated heterocycles. The molecule has 33 heavy (non-hydrogen) atoms. The maximum atomic E-state index is 6.26. The van der Waals surface area contributed by atoms with Crippen LogP contribution in [0.25, 0.3) is 33.3 Å². The number of nitrogens with zero attached hydrogens (tertiary/aromatic N) is 2. The monoisotopic (exact) mass is 430 g/mol. The second kappa shape index (κ2) is 8.51. The summed E-state index contributed by atoms with van der Waals surface area (Å²) in [4.78, 5) is 9.23. The topological polar surface area (TPSA) is 35.0 Å². The Balaban J connectivity index is 1.46. The largest absolute Gasteiger partial charge is 0.457 e. The molecule has 5 aromatic rings. The molecule has 3 aromatic carbocycles. The lowest BCUT2D eigenvalue weighted by atomic mass is 9.87. The fourth-order valence-electron chi connectivity index (χ4n) is 3.97. The van der Waals surface area contributed by atoms with E-state index in [2.05, 4.69) is 67.1 Å². The molecule has 2 aromatic heterocycles. The summed E-state index contributed by atoms with van der Waals surface area (Å²) in [6, 6.07) is 30.7. The van der Waals surface area contributed by atoms with Gasteiger partial charge in [0.25, 0.3) is 0 Å². The second-order valence-corrected chi connectivity index (χ2v) is 9.22. The van der Waals surface area contributed by atoms with Crippen LogP contribution in [-0.4, -0.2) is 9.97 Å². The van der Waals surface area contributed by atoms with Crippen molar-refractivity contribution in [3.8, 4) is 34.0 Å². The van der Waals surface area contributed by atoms with E-state index >= 15 is 0 Å². The van der Waals surface area contributed by atoms with Crippen LogP contribution in [0.4, 0.5) is 0 Å². The molecule has 0 N–H and O–H groups in total. The van der Waals surface area contributed by atoms with Crippen molar-refractivity contribution >= 4 is 10.8 Å². The number of fused-ring (bicyclic) bond motifs is 1. The van der Waals surface area contributed by atoms with Gasteiger partial charge in [-0.15, -0.1) is 0 Å². The predicted molar refractivity (Wildman–Crippen MR) is 136 cm³/mol. The van der Waals surface area contributed by atoms with Crippen LogP contribution >= 0.6 is 0 Å². The SMILES string of the molecule is CC(C)(C)c1ccnc(-c2cccc(Oc3cccc(-c4nccc5ccccc45)c3)c2)c1. The van der Waals surface area contributed by atoms with E-state index in [0.717, 1.165) is 39.4 Å². The van der Waals surface area contributed by atoms with Gasteiger partial charge in [0.2, 0.25) is 0 Å². The molecule has 3 heteroatoms. The van der Waals surface area contributed by atoms with Gasteiger partial charge in [-0.25, -0.2) is 0 Å². The maximum Gasteiger partial charge on any atom is 0.128 e. The third-order valence-corrected chi connectivity index (χ3v) is 5.77. The average molecular weight is 431 g/mol. The Kier molecular flexibility index (Phi) is 5.39. The van der Waals surface area contributed by atoms with Gasteiger partial charge >= 0.3 is 0 Å². The van der Waals surface area contributed by atoms with E-state index in [0.29, 0.717) is 0 Å². The van der Waals surface area contributed by atoms with Gasteiger partial charge in [0.15, 0.2) is 0 Å². The smallest absolute Gasteiger partial charge is 0.128 e. The van der Waals surface area contributed by atoms with E-state index in [1.54, 1.807) is 0 Å². The molecule has 0 bridgehead atoms. The van der Waals surface area contributed by atoms with Crippen molar-refractivity contribution in [2.24, 2.45) is 0 Å². The molecular weight excluding hydrogens is 404 g/mol. The Labute approximate surface area is 194 Å². The van der Waals surface area contributed by atoms with Gasteiger partial charge in [0.1, 0.15) is 11.5 Å². The van der Waals surface area contributed by atoms with Crippen LogP contribution in [0.2, 0.25) is 0 Å². The van der Waals surface area contributed by atoms with E-state index < -0.39 is 0 Å². The standard InChI is InChI=1S/C30H26N2O/c1-30(2,3)24-15-17-31-28(20-24)22-9-6-11-25(18-22)33-26-12-7-10-23(19-26)29-27-13-5-4-8-21(27)14-16-32-29/h4-20H,1-3H3. The van der Waals surface area contributed by atoms with E-state index in [9.17, 15) is 0 Å². The van der Waals surface area contributed by atoms with Gasteiger partial charge in [-0.05, 0) is 58.8 Å². The highest BCUT2D eigenvalue weighted by Crippen LogP contribution is 2.32. The lowest BCUT2D eigenvalue weighted by Gasteiger charge is -2.19. The number of rotatable bonds is 4. The Bertz CT molecular complexity index is 1430. The third kappa shape index (κ3) is 4.49. The second-order valence-electron chi connectivity index (χ2n) is 9.22. The minimum atomic E-state index is 0.0713. The van der Waals surface area contributed by atoms with E-state index in [-0.39, 0.29) is 5.41 Å². The molecule has 0 aliphatic carbocycles. The van der Waals surface area contributed by atoms with Gasteiger partial charge in [0.05, 0.1) is 11.4 Å². The van der Waals surface area contributed by atoms with Crippen molar-refractivity contribution < 1.29 is 4.74 Å². The summed E-state index contributed by atoms with van der Waals surface area (Å²) >= 11 is 0. The molecule has 0 aliphatic heterocycles. The van der Waals surface area contributed by atoms with Crippen LogP contribution in [0, 0.1) is 0 Å². The Morgan fingerprint density at radius 3 is 2.12 bits per heavy atom. The van der Waals surface area contributed by atoms with Crippen LogP contribution in [0.3, 0.4) is 0 Å². The van der Waals surface area contributed by atoms with E-state index in [1.807, 2.05) is 67.0 Å². The summed E-state index contributed by atoms with van der Waals surface area (Å²) in [5.41, 5.74) is 5.29. The third-order valence-electron chi connectivity index (χ3n) is 5.77. The molecule has 0 saturated carbocycles. The van der Waals surface area contributed by atoms with Crippen LogP contribution in [-0.2, 0) is 5.41 Å². The van der Waals surface area contributed by atoms with Crippen molar-refractivity contribution in [3.05, 3.63) is 109 Å². The zero-order valence-electron chi connectivity index (χ0n) is 19.1. The zero-order valence-corrected chi connectivity index (χ0v) is 19.1. The molecule has 0 radical (unpaired) electrons. The number of benzene rings is 3. The fraction of sp³-hybridized carbons (Fsp3) is 0.133. The first kappa shape index (κ1) is 20.9. The summed E-state index contributed by atoms with van der Waals surface area (Å²) in [5, 5.41) is 2.30. The van der Waals surface area contributed by atoms with Gasteiger partial charge < -0.3 is 4.74 Å². The number of pyridine rings is 2. The highest BCUT2D eigenvalue weighted by atomic mass is 16.5. The molecule has 0 amide bonds. The Morgan fingerprint density at radius 1 is 0.636 bits per heavy atom. The molecule has 0 spiro atoms. The van der Waals surface area contributed by atoms with Crippen molar-refractivity contribution in [2.75, 3.05) is 0 Å². The minimum absolute atomic E-state index is 0.0713. The van der Waals surface area contributed by atoms with Crippen LogP contribution in [0.5, 0.6) is 11.5 Å². The van der Waals surface area contributed by atoms with Gasteiger partial charge in [-0.1, -0.05) is 69.3 Å². The number of aromatic nitrogens is 2. The molecule has 0 fully saturated rings. The first-order chi connectivity index (χ1) is 16.0. The number of hydrogen-bond donors (Lipinski definition) is 0. The molecule has 3 nitrogen and oxygen atoms in total. The normalized spacial score (nSPS) is 11.5. The Morgan fingerprint density at radius 2 is 1.33 bits per heavy atom. The van der Waals surface area contributed by atoms with Crippen LogP contribution in [0.15, 0.2) is 103 Å². The van der Waals surface area contributed by atoms with Crippen molar-refractivity contribution in [3.63, 3.8) is 0 Å². The average Bonchev–Trinajstić information content (AvgIpc) is 2.84. The summed E-state index contributed by atoms with van der Waals surface area (Å²) in [5.74, 6) is 1.55. The number of hydrogen-bond acceptors (Lipinski definition) is 3. The van der Waals surface area contributed by atoms with E-state index in [4.69, 9.17) is 4.74 Å². The highest BCUT2D eigenvalue weighted by molar-refractivity contribution is 5.94. The lowest BCUT2D eigenvalue weighted by Crippen LogP contribution is -2.11. The van der Waals surface area contributed by atoms with E-state index in [1.165, 1.54) is 10.9 Å². The maximum absolute atomic E-state index is 6.26. The zero-order chi connectivity index (χ0) is 22.8. The summed E-state index contributed by atoms with van der Waals surface area (Å²) in [6.45, 7) is 6.64. The fourth-order valence-corrected chi connectivity index (χ4v) is 3.97. The highest BCUT2D eigenvalue weighted by Gasteiger charge is 2.15. The molecular formula is C30H26N2O. The van der Waals surface area contributed by atoms with Crippen molar-refractivity contribution in [2.45, 2.75) is 26.2 Å². The first-order valence-corrected chi connectivity index (χ1v) is 11.2.